The van der Waals surface area contributed by atoms with Gasteiger partial charge in [0.05, 0.1) is 18.7 Å². The average Bonchev–Trinajstić information content (AvgIpc) is 2.87. The maximum atomic E-state index is 11.8. The van der Waals surface area contributed by atoms with Crippen LogP contribution in [0.15, 0.2) is 38.4 Å². The standard InChI is InChI=1S/C12H13BrN4O2S/c13-8-1-3-9(4-2-8)15-10(18)7-20-12-17-16-11(19-12)5-6-14/h1-4H,5-7,14H2,(H,15,18)/p+1. The lowest BCUT2D eigenvalue weighted by Gasteiger charge is -2.03. The molecular weight excluding hydrogens is 344 g/mol. The highest BCUT2D eigenvalue weighted by molar-refractivity contribution is 9.10. The number of anilines is 1. The summed E-state index contributed by atoms with van der Waals surface area (Å²) in [4.78, 5) is 11.8. The zero-order valence-corrected chi connectivity index (χ0v) is 13.0. The summed E-state index contributed by atoms with van der Waals surface area (Å²) in [6.45, 7) is 0.705. The van der Waals surface area contributed by atoms with Crippen molar-refractivity contribution in [2.24, 2.45) is 0 Å². The van der Waals surface area contributed by atoms with Crippen LogP contribution in [0, 0.1) is 0 Å². The summed E-state index contributed by atoms with van der Waals surface area (Å²) < 4.78 is 6.32. The lowest BCUT2D eigenvalue weighted by atomic mass is 10.3. The van der Waals surface area contributed by atoms with Gasteiger partial charge in [-0.1, -0.05) is 27.7 Å². The predicted molar refractivity (Wildman–Crippen MR) is 79.3 cm³/mol. The van der Waals surface area contributed by atoms with Gasteiger partial charge in [-0.2, -0.15) is 0 Å². The second-order valence-corrected chi connectivity index (χ2v) is 5.75. The van der Waals surface area contributed by atoms with Crippen molar-refractivity contribution in [3.05, 3.63) is 34.6 Å². The molecule has 0 aliphatic heterocycles. The fraction of sp³-hybridized carbons (Fsp3) is 0.250. The fourth-order valence-electron chi connectivity index (χ4n) is 1.41. The van der Waals surface area contributed by atoms with Crippen molar-refractivity contribution >= 4 is 39.3 Å². The Hall–Kier alpha value is -1.38. The molecule has 2 aromatic rings. The normalized spacial score (nSPS) is 10.5. The molecule has 0 aliphatic rings. The average molecular weight is 358 g/mol. The van der Waals surface area contributed by atoms with Gasteiger partial charge in [-0.25, -0.2) is 0 Å². The molecule has 4 N–H and O–H groups in total. The van der Waals surface area contributed by atoms with Crippen LogP contribution >= 0.6 is 27.7 Å². The van der Waals surface area contributed by atoms with Crippen molar-refractivity contribution in [3.8, 4) is 0 Å². The monoisotopic (exact) mass is 357 g/mol. The number of hydrogen-bond acceptors (Lipinski definition) is 5. The van der Waals surface area contributed by atoms with Crippen LogP contribution < -0.4 is 11.1 Å². The Morgan fingerprint density at radius 1 is 1.35 bits per heavy atom. The zero-order valence-electron chi connectivity index (χ0n) is 10.6. The molecule has 2 rings (SSSR count). The van der Waals surface area contributed by atoms with Crippen LogP contribution in [-0.4, -0.2) is 28.4 Å². The van der Waals surface area contributed by atoms with E-state index < -0.39 is 0 Å². The molecular formula is C12H14BrN4O2S+. The second kappa shape index (κ2) is 7.41. The number of amides is 1. The molecule has 6 nitrogen and oxygen atoms in total. The number of aromatic nitrogens is 2. The van der Waals surface area contributed by atoms with Crippen LogP contribution in [0.5, 0.6) is 0 Å². The summed E-state index contributed by atoms with van der Waals surface area (Å²) in [5.41, 5.74) is 4.47. The molecule has 106 valence electrons. The third-order valence-electron chi connectivity index (χ3n) is 2.29. The Morgan fingerprint density at radius 3 is 2.80 bits per heavy atom. The van der Waals surface area contributed by atoms with Gasteiger partial charge in [0.1, 0.15) is 0 Å². The summed E-state index contributed by atoms with van der Waals surface area (Å²) >= 11 is 4.55. The van der Waals surface area contributed by atoms with Crippen LogP contribution in [0.25, 0.3) is 0 Å². The molecule has 8 heteroatoms. The molecule has 0 spiro atoms. The number of carbonyl (C=O) groups excluding carboxylic acids is 1. The quantitative estimate of drug-likeness (QED) is 0.760. The van der Waals surface area contributed by atoms with E-state index in [-0.39, 0.29) is 11.7 Å². The molecule has 0 atom stereocenters. The molecule has 1 aromatic heterocycles. The van der Waals surface area contributed by atoms with Gasteiger partial charge < -0.3 is 15.5 Å². The Kier molecular flexibility index (Phi) is 5.57. The van der Waals surface area contributed by atoms with Crippen molar-refractivity contribution in [1.82, 2.24) is 10.2 Å². The van der Waals surface area contributed by atoms with Crippen LogP contribution in [0.4, 0.5) is 5.69 Å². The van der Waals surface area contributed by atoms with Gasteiger partial charge in [-0.05, 0) is 24.3 Å². The van der Waals surface area contributed by atoms with Gasteiger partial charge in [0.25, 0.3) is 5.22 Å². The van der Waals surface area contributed by atoms with Crippen molar-refractivity contribution in [2.45, 2.75) is 11.6 Å². The van der Waals surface area contributed by atoms with E-state index in [4.69, 9.17) is 4.42 Å². The molecule has 0 fully saturated rings. The van der Waals surface area contributed by atoms with E-state index >= 15 is 0 Å². The minimum absolute atomic E-state index is 0.116. The van der Waals surface area contributed by atoms with Crippen LogP contribution in [0.1, 0.15) is 5.89 Å². The van der Waals surface area contributed by atoms with Gasteiger partial charge in [-0.15, -0.1) is 10.2 Å². The smallest absolute Gasteiger partial charge is 0.277 e. The summed E-state index contributed by atoms with van der Waals surface area (Å²) in [6, 6.07) is 7.38. The maximum Gasteiger partial charge on any atom is 0.277 e. The topological polar surface area (TPSA) is 95.7 Å². The molecule has 0 radical (unpaired) electrons. The van der Waals surface area contributed by atoms with E-state index in [1.807, 2.05) is 24.3 Å². The predicted octanol–water partition coefficient (Wildman–Crippen LogP) is 1.35. The summed E-state index contributed by atoms with van der Waals surface area (Å²) in [5, 5.41) is 10.9. The summed E-state index contributed by atoms with van der Waals surface area (Å²) in [5.74, 6) is 0.660. The van der Waals surface area contributed by atoms with Gasteiger partial charge in [0.2, 0.25) is 11.8 Å². The Balaban J connectivity index is 1.80. The van der Waals surface area contributed by atoms with Gasteiger partial charge in [0.15, 0.2) is 0 Å². The molecule has 0 saturated carbocycles. The lowest BCUT2D eigenvalue weighted by molar-refractivity contribution is -0.367. The highest BCUT2D eigenvalue weighted by atomic mass is 79.9. The number of thioether (sulfide) groups is 1. The highest BCUT2D eigenvalue weighted by Crippen LogP contribution is 2.18. The first-order valence-corrected chi connectivity index (χ1v) is 7.75. The molecule has 1 heterocycles. The molecule has 0 saturated heterocycles. The number of quaternary nitrogens is 1. The summed E-state index contributed by atoms with van der Waals surface area (Å²) in [7, 11) is 0. The number of rotatable bonds is 6. The number of carbonyl (C=O) groups is 1. The lowest BCUT2D eigenvalue weighted by Crippen LogP contribution is -2.51. The van der Waals surface area contributed by atoms with E-state index in [1.165, 1.54) is 11.8 Å². The largest absolute Gasteiger partial charge is 0.416 e. The first kappa shape index (κ1) is 15.0. The Labute approximate surface area is 128 Å². The van der Waals surface area contributed by atoms with Gasteiger partial charge in [0, 0.05) is 10.2 Å². The van der Waals surface area contributed by atoms with E-state index in [0.717, 1.165) is 10.2 Å². The first-order valence-electron chi connectivity index (χ1n) is 5.97. The van der Waals surface area contributed by atoms with E-state index in [0.29, 0.717) is 24.1 Å². The highest BCUT2D eigenvalue weighted by Gasteiger charge is 2.09. The third kappa shape index (κ3) is 4.62. The molecule has 20 heavy (non-hydrogen) atoms. The van der Waals surface area contributed by atoms with Crippen molar-refractivity contribution < 1.29 is 14.9 Å². The molecule has 0 bridgehead atoms. The Bertz CT molecular complexity index is 573. The van der Waals surface area contributed by atoms with E-state index in [2.05, 4.69) is 37.2 Å². The third-order valence-corrected chi connectivity index (χ3v) is 3.64. The maximum absolute atomic E-state index is 11.8. The minimum atomic E-state index is -0.116. The van der Waals surface area contributed by atoms with Gasteiger partial charge >= 0.3 is 0 Å². The molecule has 0 aliphatic carbocycles. The van der Waals surface area contributed by atoms with Crippen LogP contribution in [0.3, 0.4) is 0 Å². The van der Waals surface area contributed by atoms with E-state index in [1.54, 1.807) is 0 Å². The minimum Gasteiger partial charge on any atom is -0.416 e. The second-order valence-electron chi connectivity index (χ2n) is 3.91. The number of hydrogen-bond donors (Lipinski definition) is 2. The number of nitrogens with one attached hydrogen (secondary N) is 1. The van der Waals surface area contributed by atoms with E-state index in [9.17, 15) is 4.79 Å². The molecule has 1 aromatic carbocycles. The Morgan fingerprint density at radius 2 is 2.10 bits per heavy atom. The SMILES string of the molecule is [NH3+]CCc1nnc(SCC(=O)Nc2ccc(Br)cc2)o1. The number of nitrogens with zero attached hydrogens (tertiary/aromatic N) is 2. The molecule has 0 unspecified atom stereocenters. The zero-order chi connectivity index (χ0) is 14.4. The van der Waals surface area contributed by atoms with Crippen molar-refractivity contribution in [2.75, 3.05) is 17.6 Å². The fourth-order valence-corrected chi connectivity index (χ4v) is 2.25. The first-order chi connectivity index (χ1) is 9.67. The molecule has 1 amide bonds. The van der Waals surface area contributed by atoms with Gasteiger partial charge in [-0.3, -0.25) is 4.79 Å². The van der Waals surface area contributed by atoms with Crippen molar-refractivity contribution in [1.29, 1.82) is 0 Å². The number of benzene rings is 1. The van der Waals surface area contributed by atoms with Crippen molar-refractivity contribution in [3.63, 3.8) is 0 Å². The summed E-state index contributed by atoms with van der Waals surface area (Å²) in [6.07, 6.45) is 0.651. The van der Waals surface area contributed by atoms with Crippen LogP contribution in [-0.2, 0) is 11.2 Å². The van der Waals surface area contributed by atoms with Crippen LogP contribution in [0.2, 0.25) is 0 Å². The number of halogens is 1.